The van der Waals surface area contributed by atoms with E-state index >= 15 is 0 Å². The summed E-state index contributed by atoms with van der Waals surface area (Å²) in [6.07, 6.45) is 0. The number of halogens is 1. The highest BCUT2D eigenvalue weighted by Crippen LogP contribution is 1.71. The first-order valence-electron chi connectivity index (χ1n) is 2.11. The van der Waals surface area contributed by atoms with Crippen molar-refractivity contribution in [2.45, 2.75) is 0 Å². The van der Waals surface area contributed by atoms with Gasteiger partial charge in [0.25, 0.3) is 0 Å². The molecule has 0 saturated heterocycles. The molecule has 0 unspecified atom stereocenters. The SMILES string of the molecule is O=c1n[c]([Al][I])[n]([Al])[nH]1. The fourth-order valence-corrected chi connectivity index (χ4v) is 3.38. The molecule has 1 rings (SSSR count). The van der Waals surface area contributed by atoms with Gasteiger partial charge >= 0.3 is 34.1 Å². The number of H-pyrrole nitrogens is 1. The minimum absolute atomic E-state index is 0.0862. The van der Waals surface area contributed by atoms with Gasteiger partial charge in [0.1, 0.15) is 0 Å². The van der Waals surface area contributed by atoms with Gasteiger partial charge in [0.2, 0.25) is 0 Å². The zero-order chi connectivity index (χ0) is 6.85. The Morgan fingerprint density at radius 2 is 2.56 bits per heavy atom. The normalized spacial score (nSPS) is 9.44. The maximum Gasteiger partial charge on any atom is 0.414 e. The average Bonchev–Trinajstić information content (AvgIpc) is 2.10. The average molecular weight is 264 g/mol. The number of aromatic nitrogens is 3. The highest BCUT2D eigenvalue weighted by atomic mass is 127. The van der Waals surface area contributed by atoms with E-state index < -0.39 is 0 Å². The van der Waals surface area contributed by atoms with E-state index in [0.29, 0.717) is 0 Å². The van der Waals surface area contributed by atoms with Crippen molar-refractivity contribution in [3.05, 3.63) is 10.5 Å². The Bertz CT molecular complexity index is 255. The molecule has 0 spiro atoms. The zero-order valence-corrected chi connectivity index (χ0v) is 8.80. The van der Waals surface area contributed by atoms with E-state index in [4.69, 9.17) is 0 Å². The summed E-state index contributed by atoms with van der Waals surface area (Å²) < 4.78 is 2.40. The van der Waals surface area contributed by atoms with Crippen LogP contribution in [0, 0.1) is 0 Å². The van der Waals surface area contributed by atoms with Crippen LogP contribution in [0.3, 0.4) is 0 Å². The van der Waals surface area contributed by atoms with Crippen molar-refractivity contribution in [3.63, 3.8) is 0 Å². The van der Waals surface area contributed by atoms with Crippen LogP contribution in [0.5, 0.6) is 0 Å². The van der Waals surface area contributed by atoms with Gasteiger partial charge in [0.15, 0.2) is 0 Å². The minimum Gasteiger partial charge on any atom is -0.405 e. The summed E-state index contributed by atoms with van der Waals surface area (Å²) in [5.41, 5.74) is -0.274. The van der Waals surface area contributed by atoms with Crippen LogP contribution in [0.2, 0.25) is 0 Å². The van der Waals surface area contributed by atoms with Gasteiger partial charge in [0, 0.05) is 4.69 Å². The molecule has 9 heavy (non-hydrogen) atoms. The third-order valence-electron chi connectivity index (χ3n) is 0.777. The van der Waals surface area contributed by atoms with Crippen molar-refractivity contribution in [3.8, 4) is 0 Å². The van der Waals surface area contributed by atoms with Gasteiger partial charge in [0.05, 0.1) is 0 Å². The molecular formula is C2HAl2IN3O. The van der Waals surface area contributed by atoms with E-state index in [1.165, 1.54) is 0 Å². The zero-order valence-electron chi connectivity index (χ0n) is 4.34. The molecule has 7 heteroatoms. The Kier molecular flexibility index (Phi) is 2.81. The monoisotopic (exact) mass is 264 g/mol. The van der Waals surface area contributed by atoms with Crippen LogP contribution in [0.1, 0.15) is 0 Å². The molecular weight excluding hydrogens is 263 g/mol. The molecule has 0 atom stereocenters. The molecule has 0 aliphatic rings. The molecule has 0 saturated carbocycles. The first-order valence-corrected chi connectivity index (χ1v) is 7.38. The van der Waals surface area contributed by atoms with E-state index in [2.05, 4.69) is 46.9 Å². The first kappa shape index (κ1) is 7.84. The summed E-state index contributed by atoms with van der Waals surface area (Å²) in [6, 6.07) is 0. The molecule has 1 N–H and O–H groups in total. The van der Waals surface area contributed by atoms with Gasteiger partial charge in [-0.05, 0) is 0 Å². The summed E-state index contributed by atoms with van der Waals surface area (Å²) in [4.78, 5) is 14.2. The Balaban J connectivity index is 3.16. The lowest BCUT2D eigenvalue weighted by Gasteiger charge is -1.92. The minimum atomic E-state index is -0.274. The summed E-state index contributed by atoms with van der Waals surface area (Å²) in [7, 11) is 0. The predicted octanol–water partition coefficient (Wildman–Crippen LogP) is -1.82. The summed E-state index contributed by atoms with van der Waals surface area (Å²) >= 11 is 4.67. The van der Waals surface area contributed by atoms with Gasteiger partial charge in [-0.15, -0.1) is 0 Å². The van der Waals surface area contributed by atoms with Crippen molar-refractivity contribution < 1.29 is 0 Å². The van der Waals surface area contributed by atoms with Gasteiger partial charge in [-0.3, -0.25) is 5.10 Å². The topological polar surface area (TPSA) is 50.7 Å². The van der Waals surface area contributed by atoms with Crippen LogP contribution >= 0.6 is 20.3 Å². The van der Waals surface area contributed by atoms with Crippen LogP contribution in [-0.2, 0) is 0 Å². The second kappa shape index (κ2) is 3.22. The Morgan fingerprint density at radius 1 is 1.89 bits per heavy atom. The highest BCUT2D eigenvalue weighted by molar-refractivity contribution is 14.1. The first-order chi connectivity index (χ1) is 4.24. The molecule has 0 amide bonds. The second-order valence-electron chi connectivity index (χ2n) is 1.37. The van der Waals surface area contributed by atoms with E-state index in [0.717, 1.165) is 4.69 Å². The molecule has 4 nitrogen and oxygen atoms in total. The van der Waals surface area contributed by atoms with Gasteiger partial charge in [-0.2, -0.15) is 0 Å². The molecule has 3 radical (unpaired) electrons. The fourth-order valence-electron chi connectivity index (χ4n) is 0.420. The molecule has 0 aromatic carbocycles. The summed E-state index contributed by atoms with van der Waals surface area (Å²) in [5.74, 6) is 0. The lowest BCUT2D eigenvalue weighted by Crippen LogP contribution is -2.22. The Labute approximate surface area is 77.0 Å². The van der Waals surface area contributed by atoms with Crippen molar-refractivity contribution in [1.29, 1.82) is 0 Å². The quantitative estimate of drug-likeness (QED) is 0.479. The number of nitrogens with zero attached hydrogens (tertiary/aromatic N) is 2. The molecule has 0 fully saturated rings. The van der Waals surface area contributed by atoms with Crippen LogP contribution < -0.4 is 10.4 Å². The van der Waals surface area contributed by atoms with E-state index in [-0.39, 0.29) is 17.6 Å². The number of nitrogens with one attached hydrogen (secondary N) is 1. The standard InChI is InChI=1S/C2HN3O.2Al.HI/c6-2-3-1-4-5-2;;;/h(H-,3,4,5,6);;;1H/q-1;2*+1;/p-1. The van der Waals surface area contributed by atoms with Crippen molar-refractivity contribution in [1.82, 2.24) is 13.7 Å². The molecule has 0 aliphatic carbocycles. The second-order valence-corrected chi connectivity index (χ2v) is 4.49. The number of hydrogen-bond donors (Lipinski definition) is 1. The van der Waals surface area contributed by atoms with Crippen molar-refractivity contribution >= 4 is 53.4 Å². The number of rotatable bonds is 1. The summed E-state index contributed by atoms with van der Waals surface area (Å²) in [5, 5.41) is 2.49. The van der Waals surface area contributed by atoms with Gasteiger partial charge < -0.3 is 3.67 Å². The molecule has 0 bridgehead atoms. The third kappa shape index (κ3) is 1.82. The van der Waals surface area contributed by atoms with Crippen LogP contribution in [-0.4, -0.2) is 42.2 Å². The van der Waals surface area contributed by atoms with Gasteiger partial charge in [-0.1, -0.05) is 0 Å². The molecule has 43 valence electrons. The Hall–Kier alpha value is 0.735. The number of aromatic amines is 1. The van der Waals surface area contributed by atoms with E-state index in [1.54, 1.807) is 3.67 Å². The van der Waals surface area contributed by atoms with Crippen LogP contribution in [0.25, 0.3) is 0 Å². The van der Waals surface area contributed by atoms with Gasteiger partial charge in [-0.25, -0.2) is 30.1 Å². The van der Waals surface area contributed by atoms with Crippen LogP contribution in [0.15, 0.2) is 4.79 Å². The van der Waals surface area contributed by atoms with E-state index in [1.807, 2.05) is 0 Å². The lowest BCUT2D eigenvalue weighted by atomic mass is 11.3. The molecule has 1 aromatic heterocycles. The smallest absolute Gasteiger partial charge is 0.405 e. The van der Waals surface area contributed by atoms with Crippen molar-refractivity contribution in [2.24, 2.45) is 0 Å². The summed E-state index contributed by atoms with van der Waals surface area (Å²) in [6.45, 7) is 0. The van der Waals surface area contributed by atoms with Crippen LogP contribution in [0.4, 0.5) is 0 Å². The predicted molar refractivity (Wildman–Crippen MR) is 43.4 cm³/mol. The third-order valence-corrected chi connectivity index (χ3v) is 3.74. The maximum absolute atomic E-state index is 10.5. The highest BCUT2D eigenvalue weighted by Gasteiger charge is 1.98. The van der Waals surface area contributed by atoms with E-state index in [9.17, 15) is 4.79 Å². The largest absolute Gasteiger partial charge is 0.414 e. The van der Waals surface area contributed by atoms with Crippen molar-refractivity contribution in [2.75, 3.05) is 0 Å². The maximum atomic E-state index is 10.5. The fraction of sp³-hybridized carbons (Fsp3) is 0. The number of hydrogen-bond acceptors (Lipinski definition) is 2. The Morgan fingerprint density at radius 3 is 2.78 bits per heavy atom. The molecule has 0 aliphatic heterocycles. The molecule has 1 heterocycles. The lowest BCUT2D eigenvalue weighted by molar-refractivity contribution is 0.981. The molecule has 1 aromatic rings.